The highest BCUT2D eigenvalue weighted by Crippen LogP contribution is 2.20. The lowest BCUT2D eigenvalue weighted by Crippen LogP contribution is -2.60. The van der Waals surface area contributed by atoms with Crippen molar-refractivity contribution in [1.82, 2.24) is 9.80 Å². The van der Waals surface area contributed by atoms with Crippen LogP contribution in [0.1, 0.15) is 22.3 Å². The van der Waals surface area contributed by atoms with Crippen molar-refractivity contribution in [2.45, 2.75) is 18.6 Å². The molecule has 2 aliphatic rings. The third kappa shape index (κ3) is 5.86. The highest BCUT2D eigenvalue weighted by molar-refractivity contribution is 5.97. The van der Waals surface area contributed by atoms with Gasteiger partial charge in [-0.1, -0.05) is 0 Å². The van der Waals surface area contributed by atoms with E-state index in [2.05, 4.69) is 15.9 Å². The molecule has 0 N–H and O–H groups in total. The zero-order valence-corrected chi connectivity index (χ0v) is 18.4. The number of ether oxygens (including phenoxy) is 3. The number of fused-ring (bicyclic) bond motifs is 2. The van der Waals surface area contributed by atoms with Gasteiger partial charge >= 0.3 is 0 Å². The van der Waals surface area contributed by atoms with Crippen LogP contribution in [0.2, 0.25) is 0 Å². The Hall–Kier alpha value is -2.92. The zero-order chi connectivity index (χ0) is 22.3. The van der Waals surface area contributed by atoms with Crippen LogP contribution in [-0.4, -0.2) is 80.8 Å². The largest absolute Gasteiger partial charge is 0.497 e. The summed E-state index contributed by atoms with van der Waals surface area (Å²) in [5, 5.41) is 8.85. The maximum absolute atomic E-state index is 12.7. The van der Waals surface area contributed by atoms with Crippen LogP contribution in [0.4, 0.5) is 0 Å². The smallest absolute Gasteiger partial charge is 0.176 e. The van der Waals surface area contributed by atoms with Crippen molar-refractivity contribution < 1.29 is 19.0 Å². The summed E-state index contributed by atoms with van der Waals surface area (Å²) < 4.78 is 17.1. The molecule has 168 valence electrons. The molecule has 2 unspecified atom stereocenters. The summed E-state index contributed by atoms with van der Waals surface area (Å²) in [5.74, 6) is 1.68. The minimum absolute atomic E-state index is 0.129. The molecule has 7 nitrogen and oxygen atoms in total. The molecule has 2 atom stereocenters. The van der Waals surface area contributed by atoms with Gasteiger partial charge in [0.05, 0.1) is 44.1 Å². The van der Waals surface area contributed by atoms with Crippen molar-refractivity contribution in [2.24, 2.45) is 0 Å². The Balaban J connectivity index is 1.19. The topological polar surface area (TPSA) is 75.0 Å². The van der Waals surface area contributed by atoms with Crippen LogP contribution in [0.25, 0.3) is 0 Å². The van der Waals surface area contributed by atoms with Crippen molar-refractivity contribution in [3.8, 4) is 17.6 Å². The number of rotatable bonds is 9. The maximum Gasteiger partial charge on any atom is 0.176 e. The number of hydrogen-bond acceptors (Lipinski definition) is 7. The molecule has 2 heterocycles. The summed E-state index contributed by atoms with van der Waals surface area (Å²) in [5.41, 5.74) is 1.35. The predicted octanol–water partition coefficient (Wildman–Crippen LogP) is 2.60. The molecule has 2 fully saturated rings. The average Bonchev–Trinajstić information content (AvgIpc) is 2.81. The third-order valence-corrected chi connectivity index (χ3v) is 5.88. The van der Waals surface area contributed by atoms with E-state index in [9.17, 15) is 4.79 Å². The number of benzene rings is 2. The molecule has 2 bridgehead atoms. The number of ketones is 1. The minimum Gasteiger partial charge on any atom is -0.497 e. The molecule has 0 saturated carbocycles. The van der Waals surface area contributed by atoms with E-state index in [1.54, 1.807) is 19.2 Å². The fraction of sp³-hybridized carbons (Fsp3) is 0.440. The number of nitriles is 1. The quantitative estimate of drug-likeness (QED) is 0.443. The van der Waals surface area contributed by atoms with Gasteiger partial charge in [0, 0.05) is 38.3 Å². The molecule has 0 radical (unpaired) electrons. The third-order valence-electron chi connectivity index (χ3n) is 5.88. The number of hydrogen-bond donors (Lipinski definition) is 0. The van der Waals surface area contributed by atoms with E-state index >= 15 is 0 Å². The van der Waals surface area contributed by atoms with Crippen molar-refractivity contribution in [3.63, 3.8) is 0 Å². The van der Waals surface area contributed by atoms with Crippen molar-refractivity contribution in [2.75, 3.05) is 53.0 Å². The molecule has 0 aromatic heterocycles. The second kappa shape index (κ2) is 10.6. The van der Waals surface area contributed by atoms with Crippen LogP contribution in [0.5, 0.6) is 11.5 Å². The SMILES string of the molecule is COc1ccc(C(=O)CN2CC3CN(CCCOc4ccc(C#N)cc4)CC(C2)O3)cc1. The van der Waals surface area contributed by atoms with Crippen molar-refractivity contribution >= 4 is 5.78 Å². The molecule has 0 spiro atoms. The Morgan fingerprint density at radius 3 is 2.25 bits per heavy atom. The number of methoxy groups -OCH3 is 1. The van der Waals surface area contributed by atoms with Gasteiger partial charge in [-0.25, -0.2) is 0 Å². The molecular formula is C25H29N3O4. The zero-order valence-electron chi connectivity index (χ0n) is 18.4. The Morgan fingerprint density at radius 1 is 1.00 bits per heavy atom. The molecule has 2 saturated heterocycles. The van der Waals surface area contributed by atoms with Crippen LogP contribution in [-0.2, 0) is 4.74 Å². The van der Waals surface area contributed by atoms with E-state index in [1.165, 1.54) is 0 Å². The highest BCUT2D eigenvalue weighted by Gasteiger charge is 2.35. The standard InChI is InChI=1S/C25H29N3O4/c1-30-21-9-5-20(6-10-21)25(29)18-28-16-23-14-27(15-24(17-28)32-23)11-2-12-31-22-7-3-19(13-26)4-8-22/h3-10,23-24H,2,11-12,14-18H2,1H3. The van der Waals surface area contributed by atoms with E-state index < -0.39 is 0 Å². The first-order chi connectivity index (χ1) is 15.6. The first kappa shape index (κ1) is 22.3. The van der Waals surface area contributed by atoms with E-state index in [4.69, 9.17) is 19.5 Å². The summed E-state index contributed by atoms with van der Waals surface area (Å²) in [6.07, 6.45) is 1.19. The van der Waals surface area contributed by atoms with Crippen LogP contribution in [0, 0.1) is 11.3 Å². The Morgan fingerprint density at radius 2 is 1.62 bits per heavy atom. The molecule has 2 aromatic rings. The summed E-state index contributed by atoms with van der Waals surface area (Å²) in [6, 6.07) is 16.6. The lowest BCUT2D eigenvalue weighted by atomic mass is 10.1. The summed E-state index contributed by atoms with van der Waals surface area (Å²) >= 11 is 0. The molecule has 4 rings (SSSR count). The fourth-order valence-corrected chi connectivity index (χ4v) is 4.35. The lowest BCUT2D eigenvalue weighted by Gasteiger charge is -2.45. The van der Waals surface area contributed by atoms with Gasteiger partial charge in [0.15, 0.2) is 5.78 Å². The fourth-order valence-electron chi connectivity index (χ4n) is 4.35. The van der Waals surface area contributed by atoms with Crippen molar-refractivity contribution in [1.29, 1.82) is 5.26 Å². The van der Waals surface area contributed by atoms with Crippen LogP contribution >= 0.6 is 0 Å². The molecule has 7 heteroatoms. The average molecular weight is 436 g/mol. The molecule has 0 aliphatic carbocycles. The van der Waals surface area contributed by atoms with Gasteiger partial charge in [-0.3, -0.25) is 14.6 Å². The maximum atomic E-state index is 12.7. The summed E-state index contributed by atoms with van der Waals surface area (Å²) in [7, 11) is 1.62. The molecule has 0 amide bonds. The van der Waals surface area contributed by atoms with E-state index in [-0.39, 0.29) is 18.0 Å². The normalized spacial score (nSPS) is 21.0. The number of morpholine rings is 2. The monoisotopic (exact) mass is 435 g/mol. The van der Waals surface area contributed by atoms with Crippen LogP contribution in [0.15, 0.2) is 48.5 Å². The first-order valence-electron chi connectivity index (χ1n) is 11.0. The highest BCUT2D eigenvalue weighted by atomic mass is 16.5. The Bertz CT molecular complexity index is 925. The first-order valence-corrected chi connectivity index (χ1v) is 11.0. The van der Waals surface area contributed by atoms with E-state index in [0.29, 0.717) is 24.3 Å². The molecular weight excluding hydrogens is 406 g/mol. The predicted molar refractivity (Wildman–Crippen MR) is 120 cm³/mol. The summed E-state index contributed by atoms with van der Waals surface area (Å²) in [6.45, 7) is 5.31. The lowest BCUT2D eigenvalue weighted by molar-refractivity contribution is -0.136. The molecule has 32 heavy (non-hydrogen) atoms. The van der Waals surface area contributed by atoms with Gasteiger partial charge in [0.1, 0.15) is 11.5 Å². The molecule has 2 aliphatic heterocycles. The van der Waals surface area contributed by atoms with Gasteiger partial charge in [-0.15, -0.1) is 0 Å². The van der Waals surface area contributed by atoms with Gasteiger partial charge in [-0.05, 0) is 55.0 Å². The van der Waals surface area contributed by atoms with Gasteiger partial charge in [-0.2, -0.15) is 5.26 Å². The Labute approximate surface area is 189 Å². The second-order valence-corrected chi connectivity index (χ2v) is 8.32. The number of carbonyl (C=O) groups is 1. The number of carbonyl (C=O) groups excluding carboxylic acids is 1. The van der Waals surface area contributed by atoms with Gasteiger partial charge < -0.3 is 14.2 Å². The van der Waals surface area contributed by atoms with Gasteiger partial charge in [0.25, 0.3) is 0 Å². The summed E-state index contributed by atoms with van der Waals surface area (Å²) in [4.78, 5) is 17.3. The van der Waals surface area contributed by atoms with Crippen molar-refractivity contribution in [3.05, 3.63) is 59.7 Å². The second-order valence-electron chi connectivity index (χ2n) is 8.32. The molecule has 2 aromatic carbocycles. The minimum atomic E-state index is 0.129. The van der Waals surface area contributed by atoms with E-state index in [0.717, 1.165) is 50.6 Å². The number of nitrogens with zero attached hydrogens (tertiary/aromatic N) is 3. The van der Waals surface area contributed by atoms with E-state index in [1.807, 2.05) is 36.4 Å². The van der Waals surface area contributed by atoms with Crippen LogP contribution < -0.4 is 9.47 Å². The number of Topliss-reactive ketones (excluding diaryl/α,β-unsaturated/α-hetero) is 1. The Kier molecular flexibility index (Phi) is 7.38. The van der Waals surface area contributed by atoms with Gasteiger partial charge in [0.2, 0.25) is 0 Å². The van der Waals surface area contributed by atoms with Crippen LogP contribution in [0.3, 0.4) is 0 Å².